The Morgan fingerprint density at radius 3 is 2.33 bits per heavy atom. The van der Waals surface area contributed by atoms with Crippen molar-refractivity contribution in [2.45, 2.75) is 18.0 Å². The van der Waals surface area contributed by atoms with Crippen LogP contribution in [0.4, 0.5) is 0 Å². The molecular weight excluding hydrogens is 250 g/mol. The first kappa shape index (κ1) is 13.4. The molecule has 5 heteroatoms. The quantitative estimate of drug-likeness (QED) is 0.847. The van der Waals surface area contributed by atoms with Gasteiger partial charge in [-0.15, -0.1) is 0 Å². The maximum atomic E-state index is 12.1. The highest BCUT2D eigenvalue weighted by Gasteiger charge is 2.32. The molecule has 1 fully saturated rings. The second-order valence-electron chi connectivity index (χ2n) is 4.47. The van der Waals surface area contributed by atoms with Gasteiger partial charge in [-0.1, -0.05) is 12.1 Å². The van der Waals surface area contributed by atoms with Gasteiger partial charge in [-0.05, 0) is 24.0 Å². The first-order valence-corrected chi connectivity index (χ1v) is 7.24. The predicted molar refractivity (Wildman–Crippen MR) is 71.6 cm³/mol. The Morgan fingerprint density at radius 2 is 1.83 bits per heavy atom. The van der Waals surface area contributed by atoms with E-state index in [1.807, 2.05) is 18.4 Å². The van der Waals surface area contributed by atoms with Gasteiger partial charge in [-0.2, -0.15) is 11.8 Å². The van der Waals surface area contributed by atoms with Crippen LogP contribution in [0.5, 0.6) is 0 Å². The van der Waals surface area contributed by atoms with Crippen molar-refractivity contribution in [3.8, 4) is 0 Å². The van der Waals surface area contributed by atoms with Gasteiger partial charge in [-0.25, -0.2) is 0 Å². The third-order valence-corrected chi connectivity index (χ3v) is 3.68. The van der Waals surface area contributed by atoms with E-state index in [0.717, 1.165) is 5.75 Å². The summed E-state index contributed by atoms with van der Waals surface area (Å²) < 4.78 is 0. The molecule has 0 radical (unpaired) electrons. The van der Waals surface area contributed by atoms with Gasteiger partial charge in [0.05, 0.1) is 12.2 Å². The fraction of sp³-hybridized carbons (Fsp3) is 0.462. The van der Waals surface area contributed by atoms with Gasteiger partial charge >= 0.3 is 0 Å². The molecule has 1 aliphatic rings. The highest BCUT2D eigenvalue weighted by molar-refractivity contribution is 7.97. The molecule has 1 saturated heterocycles. The van der Waals surface area contributed by atoms with Gasteiger partial charge in [-0.3, -0.25) is 4.79 Å². The molecule has 0 spiro atoms. The van der Waals surface area contributed by atoms with Gasteiger partial charge in [0.15, 0.2) is 0 Å². The summed E-state index contributed by atoms with van der Waals surface area (Å²) in [6, 6.07) is 7.47. The summed E-state index contributed by atoms with van der Waals surface area (Å²) in [5.74, 6) is 0.789. The molecule has 2 N–H and O–H groups in total. The standard InChI is InChI=1S/C13H17NO3S/c1-18-8-9-2-4-10(5-3-9)13(17)14-6-11(15)12(16)7-14/h2-5,11-12,15-16H,6-8H2,1H3/t11-,12+. The van der Waals surface area contributed by atoms with Crippen molar-refractivity contribution in [3.63, 3.8) is 0 Å². The molecule has 1 amide bonds. The lowest BCUT2D eigenvalue weighted by Crippen LogP contribution is -2.29. The highest BCUT2D eigenvalue weighted by Crippen LogP contribution is 2.16. The number of thioether (sulfide) groups is 1. The third-order valence-electron chi connectivity index (χ3n) is 3.06. The summed E-state index contributed by atoms with van der Waals surface area (Å²) in [5.41, 5.74) is 1.78. The molecule has 0 aliphatic carbocycles. The summed E-state index contributed by atoms with van der Waals surface area (Å²) in [4.78, 5) is 13.6. The van der Waals surface area contributed by atoms with Crippen molar-refractivity contribution in [1.29, 1.82) is 0 Å². The van der Waals surface area contributed by atoms with E-state index >= 15 is 0 Å². The Kier molecular flexibility index (Phi) is 4.27. The van der Waals surface area contributed by atoms with Gasteiger partial charge in [0.25, 0.3) is 5.91 Å². The van der Waals surface area contributed by atoms with Crippen LogP contribution in [-0.4, -0.2) is 52.6 Å². The van der Waals surface area contributed by atoms with E-state index in [1.165, 1.54) is 10.5 Å². The minimum Gasteiger partial charge on any atom is -0.388 e. The molecule has 0 bridgehead atoms. The number of hydrogen-bond donors (Lipinski definition) is 2. The Bertz CT molecular complexity index is 411. The Balaban J connectivity index is 2.05. The zero-order valence-corrected chi connectivity index (χ0v) is 11.1. The van der Waals surface area contributed by atoms with Crippen LogP contribution in [0.3, 0.4) is 0 Å². The maximum Gasteiger partial charge on any atom is 0.254 e. The Morgan fingerprint density at radius 1 is 1.28 bits per heavy atom. The van der Waals surface area contributed by atoms with Crippen LogP contribution >= 0.6 is 11.8 Å². The lowest BCUT2D eigenvalue weighted by Gasteiger charge is -2.15. The van der Waals surface area contributed by atoms with Crippen LogP contribution in [0.15, 0.2) is 24.3 Å². The van der Waals surface area contributed by atoms with Crippen molar-refractivity contribution in [2.75, 3.05) is 19.3 Å². The average molecular weight is 267 g/mol. The molecule has 1 aromatic rings. The van der Waals surface area contributed by atoms with Crippen LogP contribution in [0.1, 0.15) is 15.9 Å². The molecule has 4 nitrogen and oxygen atoms in total. The summed E-state index contributed by atoms with van der Waals surface area (Å²) >= 11 is 1.73. The van der Waals surface area contributed by atoms with Crippen molar-refractivity contribution >= 4 is 17.7 Å². The number of nitrogens with zero attached hydrogens (tertiary/aromatic N) is 1. The number of carbonyl (C=O) groups is 1. The molecule has 2 atom stereocenters. The van der Waals surface area contributed by atoms with Crippen LogP contribution in [0.25, 0.3) is 0 Å². The topological polar surface area (TPSA) is 60.8 Å². The average Bonchev–Trinajstić information content (AvgIpc) is 2.70. The molecule has 18 heavy (non-hydrogen) atoms. The fourth-order valence-electron chi connectivity index (χ4n) is 2.03. The van der Waals surface area contributed by atoms with E-state index in [-0.39, 0.29) is 19.0 Å². The molecular formula is C13H17NO3S. The van der Waals surface area contributed by atoms with Crippen molar-refractivity contribution in [3.05, 3.63) is 35.4 Å². The van der Waals surface area contributed by atoms with Crippen LogP contribution in [0.2, 0.25) is 0 Å². The summed E-state index contributed by atoms with van der Waals surface area (Å²) in [7, 11) is 0. The number of benzene rings is 1. The summed E-state index contributed by atoms with van der Waals surface area (Å²) in [5, 5.41) is 18.9. The second-order valence-corrected chi connectivity index (χ2v) is 5.34. The maximum absolute atomic E-state index is 12.1. The monoisotopic (exact) mass is 267 g/mol. The van der Waals surface area contributed by atoms with Gasteiger partial charge in [0.2, 0.25) is 0 Å². The molecule has 1 aromatic carbocycles. The minimum atomic E-state index is -0.829. The van der Waals surface area contributed by atoms with Gasteiger partial charge < -0.3 is 15.1 Å². The van der Waals surface area contributed by atoms with E-state index in [2.05, 4.69) is 0 Å². The van der Waals surface area contributed by atoms with Crippen molar-refractivity contribution in [1.82, 2.24) is 4.90 Å². The van der Waals surface area contributed by atoms with E-state index in [9.17, 15) is 15.0 Å². The zero-order valence-electron chi connectivity index (χ0n) is 10.2. The third kappa shape index (κ3) is 2.85. The SMILES string of the molecule is CSCc1ccc(C(=O)N2C[C@@H](O)[C@@H](O)C2)cc1. The number of carbonyl (C=O) groups excluding carboxylic acids is 1. The normalized spacial score (nSPS) is 23.4. The van der Waals surface area contributed by atoms with E-state index in [0.29, 0.717) is 5.56 Å². The number of amides is 1. The number of aliphatic hydroxyl groups is 2. The highest BCUT2D eigenvalue weighted by atomic mass is 32.2. The number of rotatable bonds is 3. The molecule has 2 rings (SSSR count). The molecule has 1 aliphatic heterocycles. The molecule has 0 saturated carbocycles. The van der Waals surface area contributed by atoms with Crippen molar-refractivity contribution < 1.29 is 15.0 Å². The summed E-state index contributed by atoms with van der Waals surface area (Å²) in [6.07, 6.45) is 0.376. The number of hydrogen-bond acceptors (Lipinski definition) is 4. The lowest BCUT2D eigenvalue weighted by atomic mass is 10.1. The largest absolute Gasteiger partial charge is 0.388 e. The first-order valence-electron chi connectivity index (χ1n) is 5.85. The molecule has 1 heterocycles. The number of aliphatic hydroxyl groups excluding tert-OH is 2. The molecule has 0 aromatic heterocycles. The van der Waals surface area contributed by atoms with Crippen LogP contribution in [-0.2, 0) is 5.75 Å². The number of likely N-dealkylation sites (tertiary alicyclic amines) is 1. The lowest BCUT2D eigenvalue weighted by molar-refractivity contribution is 0.0572. The fourth-order valence-corrected chi connectivity index (χ4v) is 2.55. The van der Waals surface area contributed by atoms with Crippen LogP contribution in [0, 0.1) is 0 Å². The number of β-amino-alcohol motifs (C(OH)–C–C–N with tert-alkyl or cyclic N) is 2. The summed E-state index contributed by atoms with van der Waals surface area (Å²) in [6.45, 7) is 0.402. The predicted octanol–water partition coefficient (Wildman–Crippen LogP) is 0.727. The van der Waals surface area contributed by atoms with Crippen LogP contribution < -0.4 is 0 Å². The van der Waals surface area contributed by atoms with Crippen molar-refractivity contribution in [2.24, 2.45) is 0 Å². The Hall–Kier alpha value is -1.04. The van der Waals surface area contributed by atoms with E-state index in [1.54, 1.807) is 23.9 Å². The molecule has 98 valence electrons. The van der Waals surface area contributed by atoms with E-state index in [4.69, 9.17) is 0 Å². The second kappa shape index (κ2) is 5.73. The minimum absolute atomic E-state index is 0.138. The smallest absolute Gasteiger partial charge is 0.254 e. The van der Waals surface area contributed by atoms with Gasteiger partial charge in [0.1, 0.15) is 0 Å². The first-order chi connectivity index (χ1) is 8.61. The van der Waals surface area contributed by atoms with E-state index < -0.39 is 12.2 Å². The molecule has 0 unspecified atom stereocenters. The zero-order chi connectivity index (χ0) is 13.1. The van der Waals surface area contributed by atoms with Gasteiger partial charge in [0, 0.05) is 24.4 Å². The Labute approximate surface area is 111 Å².